The predicted molar refractivity (Wildman–Crippen MR) is 72.6 cm³/mol. The van der Waals surface area contributed by atoms with Crippen LogP contribution >= 0.6 is 0 Å². The fourth-order valence-electron chi connectivity index (χ4n) is 1.70. The number of hydrogen-bond donors (Lipinski definition) is 2. The van der Waals surface area contributed by atoms with Gasteiger partial charge in [0.2, 0.25) is 0 Å². The van der Waals surface area contributed by atoms with Gasteiger partial charge in [-0.1, -0.05) is 12.1 Å². The number of hydrogen-bond acceptors (Lipinski definition) is 5. The number of rotatable bonds is 8. The van der Waals surface area contributed by atoms with Crippen LogP contribution < -0.4 is 10.1 Å². The lowest BCUT2D eigenvalue weighted by atomic mass is 10.1. The summed E-state index contributed by atoms with van der Waals surface area (Å²) in [5.74, 6) is -0.669. The summed E-state index contributed by atoms with van der Waals surface area (Å²) in [6.45, 7) is 2.64. The molecule has 0 heterocycles. The van der Waals surface area contributed by atoms with Gasteiger partial charge in [-0.15, -0.1) is 0 Å². The van der Waals surface area contributed by atoms with Gasteiger partial charge in [-0.05, 0) is 24.6 Å². The van der Waals surface area contributed by atoms with E-state index in [4.69, 9.17) is 14.6 Å². The summed E-state index contributed by atoms with van der Waals surface area (Å²) in [7, 11) is 1.29. The zero-order valence-electron chi connectivity index (χ0n) is 11.6. The molecule has 0 aliphatic carbocycles. The van der Waals surface area contributed by atoms with Crippen molar-refractivity contribution in [2.24, 2.45) is 0 Å². The van der Waals surface area contributed by atoms with Gasteiger partial charge in [0.25, 0.3) is 0 Å². The molecule has 1 aromatic carbocycles. The van der Waals surface area contributed by atoms with E-state index < -0.39 is 18.0 Å². The molecule has 0 aliphatic heterocycles. The van der Waals surface area contributed by atoms with Gasteiger partial charge in [0, 0.05) is 6.54 Å². The SMILES string of the molecule is CCOc1ccc(C(NCCC(=O)O)C(=O)OC)cc1. The van der Waals surface area contributed by atoms with Crippen molar-refractivity contribution < 1.29 is 24.2 Å². The molecule has 0 radical (unpaired) electrons. The Bertz CT molecular complexity index is 443. The molecule has 1 atom stereocenters. The molecule has 0 aromatic heterocycles. The Morgan fingerprint density at radius 1 is 1.30 bits per heavy atom. The van der Waals surface area contributed by atoms with E-state index in [0.29, 0.717) is 17.9 Å². The third-order valence-corrected chi connectivity index (χ3v) is 2.65. The van der Waals surface area contributed by atoms with Crippen molar-refractivity contribution in [3.05, 3.63) is 29.8 Å². The van der Waals surface area contributed by atoms with Gasteiger partial charge in [0.05, 0.1) is 20.1 Å². The minimum atomic E-state index is -0.923. The molecule has 0 aliphatic rings. The average Bonchev–Trinajstić information content (AvgIpc) is 2.44. The van der Waals surface area contributed by atoms with E-state index in [2.05, 4.69) is 5.32 Å². The number of aliphatic carboxylic acids is 1. The smallest absolute Gasteiger partial charge is 0.327 e. The van der Waals surface area contributed by atoms with E-state index in [1.54, 1.807) is 24.3 Å². The van der Waals surface area contributed by atoms with Crippen molar-refractivity contribution in [2.45, 2.75) is 19.4 Å². The van der Waals surface area contributed by atoms with Crippen LogP contribution in [-0.4, -0.2) is 37.3 Å². The highest BCUT2D eigenvalue weighted by molar-refractivity contribution is 5.77. The van der Waals surface area contributed by atoms with E-state index in [9.17, 15) is 9.59 Å². The number of carbonyl (C=O) groups is 2. The van der Waals surface area contributed by atoms with Gasteiger partial charge >= 0.3 is 11.9 Å². The Morgan fingerprint density at radius 2 is 1.95 bits per heavy atom. The van der Waals surface area contributed by atoms with Crippen LogP contribution in [0.25, 0.3) is 0 Å². The van der Waals surface area contributed by atoms with Crippen LogP contribution in [-0.2, 0) is 14.3 Å². The highest BCUT2D eigenvalue weighted by Gasteiger charge is 2.20. The third kappa shape index (κ3) is 4.89. The molecule has 0 bridgehead atoms. The minimum absolute atomic E-state index is 0.0650. The number of esters is 1. The summed E-state index contributed by atoms with van der Waals surface area (Å²) in [5.41, 5.74) is 0.700. The van der Waals surface area contributed by atoms with Crippen molar-refractivity contribution in [3.63, 3.8) is 0 Å². The van der Waals surface area contributed by atoms with Crippen LogP contribution in [0.2, 0.25) is 0 Å². The number of carboxylic acid groups (broad SMARTS) is 1. The molecular formula is C14H19NO5. The fourth-order valence-corrected chi connectivity index (χ4v) is 1.70. The quantitative estimate of drug-likeness (QED) is 0.700. The largest absolute Gasteiger partial charge is 0.494 e. The monoisotopic (exact) mass is 281 g/mol. The zero-order valence-corrected chi connectivity index (χ0v) is 11.6. The summed E-state index contributed by atoms with van der Waals surface area (Å²) in [6, 6.07) is 6.33. The Balaban J connectivity index is 2.76. The molecule has 2 N–H and O–H groups in total. The topological polar surface area (TPSA) is 84.9 Å². The molecule has 20 heavy (non-hydrogen) atoms. The lowest BCUT2D eigenvalue weighted by molar-refractivity contribution is -0.144. The number of benzene rings is 1. The molecule has 0 spiro atoms. The summed E-state index contributed by atoms with van der Waals surface area (Å²) >= 11 is 0. The van der Waals surface area contributed by atoms with Crippen molar-refractivity contribution >= 4 is 11.9 Å². The van der Waals surface area contributed by atoms with Gasteiger partial charge in [0.15, 0.2) is 0 Å². The highest BCUT2D eigenvalue weighted by atomic mass is 16.5. The molecule has 0 amide bonds. The van der Waals surface area contributed by atoms with Crippen molar-refractivity contribution in [1.29, 1.82) is 0 Å². The van der Waals surface area contributed by atoms with Crippen molar-refractivity contribution in [3.8, 4) is 5.75 Å². The number of carbonyl (C=O) groups excluding carboxylic acids is 1. The van der Waals surface area contributed by atoms with Crippen LogP contribution in [0, 0.1) is 0 Å². The lowest BCUT2D eigenvalue weighted by Crippen LogP contribution is -2.31. The molecule has 0 fully saturated rings. The molecular weight excluding hydrogens is 262 g/mol. The molecule has 6 nitrogen and oxygen atoms in total. The Labute approximate surface area is 117 Å². The van der Waals surface area contributed by atoms with Crippen molar-refractivity contribution in [1.82, 2.24) is 5.32 Å². The second-order valence-electron chi connectivity index (χ2n) is 4.06. The van der Waals surface area contributed by atoms with E-state index in [1.807, 2.05) is 6.92 Å². The normalized spacial score (nSPS) is 11.7. The summed E-state index contributed by atoms with van der Waals surface area (Å²) in [6.07, 6.45) is -0.0650. The molecule has 1 rings (SSSR count). The maximum absolute atomic E-state index is 11.7. The van der Waals surface area contributed by atoms with E-state index in [0.717, 1.165) is 0 Å². The summed E-state index contributed by atoms with van der Waals surface area (Å²) in [5, 5.41) is 11.5. The van der Waals surface area contributed by atoms with Crippen LogP contribution in [0.4, 0.5) is 0 Å². The minimum Gasteiger partial charge on any atom is -0.494 e. The number of nitrogens with one attached hydrogen (secondary N) is 1. The predicted octanol–water partition coefficient (Wildman–Crippen LogP) is 1.36. The lowest BCUT2D eigenvalue weighted by Gasteiger charge is -2.16. The molecule has 1 aromatic rings. The maximum atomic E-state index is 11.7. The van der Waals surface area contributed by atoms with Crippen LogP contribution in [0.3, 0.4) is 0 Å². The van der Waals surface area contributed by atoms with Gasteiger partial charge in [-0.2, -0.15) is 0 Å². The fraction of sp³-hybridized carbons (Fsp3) is 0.429. The van der Waals surface area contributed by atoms with Gasteiger partial charge in [-0.25, -0.2) is 4.79 Å². The number of carboxylic acids is 1. The van der Waals surface area contributed by atoms with Crippen LogP contribution in [0.1, 0.15) is 24.9 Å². The van der Waals surface area contributed by atoms with E-state index >= 15 is 0 Å². The van der Waals surface area contributed by atoms with E-state index in [-0.39, 0.29) is 13.0 Å². The Kier molecular flexibility index (Phi) is 6.52. The first-order chi connectivity index (χ1) is 9.58. The summed E-state index contributed by atoms with van der Waals surface area (Å²) < 4.78 is 10.0. The van der Waals surface area contributed by atoms with Crippen LogP contribution in [0.5, 0.6) is 5.75 Å². The Hall–Kier alpha value is -2.08. The maximum Gasteiger partial charge on any atom is 0.327 e. The van der Waals surface area contributed by atoms with E-state index in [1.165, 1.54) is 7.11 Å². The first kappa shape index (κ1) is 16.0. The average molecular weight is 281 g/mol. The van der Waals surface area contributed by atoms with Gasteiger partial charge in [0.1, 0.15) is 11.8 Å². The molecule has 1 unspecified atom stereocenters. The van der Waals surface area contributed by atoms with Gasteiger partial charge < -0.3 is 19.9 Å². The van der Waals surface area contributed by atoms with Crippen molar-refractivity contribution in [2.75, 3.05) is 20.3 Å². The summed E-state index contributed by atoms with van der Waals surface area (Å²) in [4.78, 5) is 22.2. The highest BCUT2D eigenvalue weighted by Crippen LogP contribution is 2.19. The van der Waals surface area contributed by atoms with Crippen LogP contribution in [0.15, 0.2) is 24.3 Å². The first-order valence-electron chi connectivity index (χ1n) is 6.34. The number of ether oxygens (including phenoxy) is 2. The zero-order chi connectivity index (χ0) is 15.0. The molecule has 0 saturated heterocycles. The molecule has 110 valence electrons. The second-order valence-corrected chi connectivity index (χ2v) is 4.06. The molecule has 6 heteroatoms. The number of methoxy groups -OCH3 is 1. The standard InChI is InChI=1S/C14H19NO5/c1-3-20-11-6-4-10(5-7-11)13(14(18)19-2)15-9-8-12(16)17/h4-7,13,15H,3,8-9H2,1-2H3,(H,16,17). The van der Waals surface area contributed by atoms with Gasteiger partial charge in [-0.3, -0.25) is 4.79 Å². The first-order valence-corrected chi connectivity index (χ1v) is 6.34. The third-order valence-electron chi connectivity index (χ3n) is 2.65. The molecule has 0 saturated carbocycles. The second kappa shape index (κ2) is 8.16. The Morgan fingerprint density at radius 3 is 2.45 bits per heavy atom.